The van der Waals surface area contributed by atoms with Gasteiger partial charge < -0.3 is 10.1 Å². The maximum absolute atomic E-state index is 5.81. The molecule has 1 N–H and O–H groups in total. The Hall–Kier alpha value is -0.0800. The highest BCUT2D eigenvalue weighted by Crippen LogP contribution is 2.40. The molecule has 1 aliphatic carbocycles. The topological polar surface area (TPSA) is 21.3 Å². The van der Waals surface area contributed by atoms with E-state index in [4.69, 9.17) is 4.74 Å². The second-order valence-corrected chi connectivity index (χ2v) is 6.69. The molecule has 0 spiro atoms. The van der Waals surface area contributed by atoms with E-state index in [1.54, 1.807) is 0 Å². The molecule has 0 aromatic carbocycles. The molecule has 0 aromatic rings. The highest BCUT2D eigenvalue weighted by Gasteiger charge is 2.43. The Balaban J connectivity index is 2.43. The Morgan fingerprint density at radius 3 is 2.29 bits per heavy atom. The Bertz CT molecular complexity index is 210. The Morgan fingerprint density at radius 2 is 1.94 bits per heavy atom. The Morgan fingerprint density at radius 1 is 1.29 bits per heavy atom. The van der Waals surface area contributed by atoms with Gasteiger partial charge in [-0.1, -0.05) is 34.1 Å². The first kappa shape index (κ1) is 15.0. The van der Waals surface area contributed by atoms with E-state index in [1.165, 1.54) is 38.5 Å². The molecule has 1 unspecified atom stereocenters. The van der Waals surface area contributed by atoms with Crippen LogP contribution in [0.2, 0.25) is 0 Å². The van der Waals surface area contributed by atoms with Crippen LogP contribution in [-0.4, -0.2) is 25.3 Å². The van der Waals surface area contributed by atoms with Crippen LogP contribution in [0.1, 0.15) is 66.2 Å². The molecule has 0 amide bonds. The molecule has 1 atom stereocenters. The second kappa shape index (κ2) is 6.19. The van der Waals surface area contributed by atoms with Crippen LogP contribution in [0.25, 0.3) is 0 Å². The highest BCUT2D eigenvalue weighted by molar-refractivity contribution is 4.99. The number of nitrogens with one attached hydrogen (secondary N) is 1. The molecule has 0 saturated heterocycles. The van der Waals surface area contributed by atoms with Crippen molar-refractivity contribution < 1.29 is 4.74 Å². The number of likely N-dealkylation sites (N-methyl/N-ethyl adjacent to an activating group) is 1. The van der Waals surface area contributed by atoms with E-state index in [0.717, 1.165) is 6.54 Å². The second-order valence-electron chi connectivity index (χ2n) is 6.69. The van der Waals surface area contributed by atoms with Gasteiger partial charge in [-0.05, 0) is 44.1 Å². The van der Waals surface area contributed by atoms with Gasteiger partial charge in [-0.2, -0.15) is 0 Å². The van der Waals surface area contributed by atoms with E-state index < -0.39 is 0 Å². The number of methoxy groups -OCH3 is 1. The molecule has 0 radical (unpaired) electrons. The lowest BCUT2D eigenvalue weighted by molar-refractivity contribution is -0.100. The van der Waals surface area contributed by atoms with Crippen molar-refractivity contribution in [2.75, 3.05) is 13.7 Å². The van der Waals surface area contributed by atoms with Gasteiger partial charge in [0.25, 0.3) is 0 Å². The van der Waals surface area contributed by atoms with E-state index in [2.05, 4.69) is 33.0 Å². The maximum atomic E-state index is 5.81. The summed E-state index contributed by atoms with van der Waals surface area (Å²) in [6.45, 7) is 10.2. The van der Waals surface area contributed by atoms with E-state index in [0.29, 0.717) is 11.5 Å². The maximum Gasteiger partial charge on any atom is 0.0831 e. The Labute approximate surface area is 108 Å². The molecule has 102 valence electrons. The average Bonchev–Trinajstić information content (AvgIpc) is 2.15. The third kappa shape index (κ3) is 4.26. The normalized spacial score (nSPS) is 21.0. The predicted molar refractivity (Wildman–Crippen MR) is 74.4 cm³/mol. The first-order chi connectivity index (χ1) is 7.93. The zero-order valence-electron chi connectivity index (χ0n) is 12.4. The van der Waals surface area contributed by atoms with Gasteiger partial charge >= 0.3 is 0 Å². The van der Waals surface area contributed by atoms with Gasteiger partial charge in [0.2, 0.25) is 0 Å². The average molecular weight is 241 g/mol. The fourth-order valence-electron chi connectivity index (χ4n) is 2.85. The molecule has 1 aliphatic rings. The minimum absolute atomic E-state index is 0.147. The quantitative estimate of drug-likeness (QED) is 0.733. The summed E-state index contributed by atoms with van der Waals surface area (Å²) in [5.74, 6) is 0. The lowest BCUT2D eigenvalue weighted by Crippen LogP contribution is -2.56. The number of rotatable bonds is 7. The molecule has 0 aliphatic heterocycles. The fourth-order valence-corrected chi connectivity index (χ4v) is 2.85. The largest absolute Gasteiger partial charge is 0.377 e. The summed E-state index contributed by atoms with van der Waals surface area (Å²) in [4.78, 5) is 0. The van der Waals surface area contributed by atoms with Crippen LogP contribution in [-0.2, 0) is 4.74 Å². The van der Waals surface area contributed by atoms with Crippen molar-refractivity contribution in [2.24, 2.45) is 5.41 Å². The van der Waals surface area contributed by atoms with Crippen LogP contribution in [0.5, 0.6) is 0 Å². The standard InChI is InChI=1S/C15H31NO/c1-6-16-13(9-7-10-14(2,3)4)15(17-5)11-8-12-15/h13,16H,6-12H2,1-5H3. The third-order valence-electron chi connectivity index (χ3n) is 4.11. The summed E-state index contributed by atoms with van der Waals surface area (Å²) in [5, 5.41) is 3.64. The van der Waals surface area contributed by atoms with Crippen LogP contribution in [0.15, 0.2) is 0 Å². The molecular weight excluding hydrogens is 210 g/mol. The monoisotopic (exact) mass is 241 g/mol. The lowest BCUT2D eigenvalue weighted by atomic mass is 9.72. The third-order valence-corrected chi connectivity index (χ3v) is 4.11. The molecule has 1 saturated carbocycles. The predicted octanol–water partition coefficient (Wildman–Crippen LogP) is 3.75. The van der Waals surface area contributed by atoms with Gasteiger partial charge in [-0.25, -0.2) is 0 Å². The Kier molecular flexibility index (Phi) is 5.46. The SMILES string of the molecule is CCNC(CCCC(C)(C)C)C1(OC)CCC1. The van der Waals surface area contributed by atoms with Gasteiger partial charge in [-0.3, -0.25) is 0 Å². The smallest absolute Gasteiger partial charge is 0.0831 e. The molecule has 2 heteroatoms. The fraction of sp³-hybridized carbons (Fsp3) is 1.00. The molecule has 1 rings (SSSR count). The van der Waals surface area contributed by atoms with Crippen LogP contribution in [0.4, 0.5) is 0 Å². The first-order valence-corrected chi connectivity index (χ1v) is 7.22. The molecule has 2 nitrogen and oxygen atoms in total. The molecule has 0 bridgehead atoms. The molecule has 17 heavy (non-hydrogen) atoms. The summed E-state index contributed by atoms with van der Waals surface area (Å²) in [5.41, 5.74) is 0.602. The molecular formula is C15H31NO. The molecule has 1 fully saturated rings. The van der Waals surface area contributed by atoms with Crippen LogP contribution < -0.4 is 5.32 Å². The lowest BCUT2D eigenvalue weighted by Gasteiger charge is -2.47. The highest BCUT2D eigenvalue weighted by atomic mass is 16.5. The van der Waals surface area contributed by atoms with E-state index in [9.17, 15) is 0 Å². The van der Waals surface area contributed by atoms with Crippen molar-refractivity contribution in [3.8, 4) is 0 Å². The van der Waals surface area contributed by atoms with E-state index >= 15 is 0 Å². The van der Waals surface area contributed by atoms with Crippen molar-refractivity contribution in [3.05, 3.63) is 0 Å². The van der Waals surface area contributed by atoms with E-state index in [1.807, 2.05) is 7.11 Å². The number of hydrogen-bond donors (Lipinski definition) is 1. The van der Waals surface area contributed by atoms with Gasteiger partial charge in [0.05, 0.1) is 5.60 Å². The van der Waals surface area contributed by atoms with Gasteiger partial charge in [-0.15, -0.1) is 0 Å². The van der Waals surface area contributed by atoms with Crippen molar-refractivity contribution in [2.45, 2.75) is 77.9 Å². The van der Waals surface area contributed by atoms with E-state index in [-0.39, 0.29) is 5.60 Å². The number of hydrogen-bond acceptors (Lipinski definition) is 2. The molecule has 0 heterocycles. The minimum Gasteiger partial charge on any atom is -0.377 e. The first-order valence-electron chi connectivity index (χ1n) is 7.22. The summed E-state index contributed by atoms with van der Waals surface area (Å²) < 4.78 is 5.81. The van der Waals surface area contributed by atoms with Crippen molar-refractivity contribution in [3.63, 3.8) is 0 Å². The van der Waals surface area contributed by atoms with Crippen LogP contribution in [0.3, 0.4) is 0 Å². The minimum atomic E-state index is 0.147. The van der Waals surface area contributed by atoms with Gasteiger partial charge in [0.1, 0.15) is 0 Å². The van der Waals surface area contributed by atoms with Gasteiger partial charge in [0.15, 0.2) is 0 Å². The zero-order valence-corrected chi connectivity index (χ0v) is 12.4. The summed E-state index contributed by atoms with van der Waals surface area (Å²) in [6, 6.07) is 0.550. The molecule has 0 aromatic heterocycles. The van der Waals surface area contributed by atoms with Crippen LogP contribution in [0, 0.1) is 5.41 Å². The summed E-state index contributed by atoms with van der Waals surface area (Å²) in [6.07, 6.45) is 7.64. The van der Waals surface area contributed by atoms with Crippen molar-refractivity contribution in [1.82, 2.24) is 5.32 Å². The zero-order chi connectivity index (χ0) is 12.9. The van der Waals surface area contributed by atoms with Crippen LogP contribution >= 0.6 is 0 Å². The summed E-state index contributed by atoms with van der Waals surface area (Å²) >= 11 is 0. The van der Waals surface area contributed by atoms with Crippen molar-refractivity contribution >= 4 is 0 Å². The summed E-state index contributed by atoms with van der Waals surface area (Å²) in [7, 11) is 1.88. The number of ether oxygens (including phenoxy) is 1. The van der Waals surface area contributed by atoms with Gasteiger partial charge in [0, 0.05) is 13.2 Å². The van der Waals surface area contributed by atoms with Crippen molar-refractivity contribution in [1.29, 1.82) is 0 Å².